The number of nitrogen functional groups attached to an aromatic ring is 1. The topological polar surface area (TPSA) is 76.3 Å². The highest BCUT2D eigenvalue weighted by Gasteiger charge is 2.11. The van der Waals surface area contributed by atoms with Crippen molar-refractivity contribution in [2.24, 2.45) is 5.84 Å². The second-order valence-electron chi connectivity index (χ2n) is 4.95. The van der Waals surface area contributed by atoms with Gasteiger partial charge in [0.05, 0.1) is 0 Å². The molecule has 0 spiro atoms. The molecule has 6 heteroatoms. The van der Waals surface area contributed by atoms with Crippen LogP contribution in [0.5, 0.6) is 0 Å². The predicted molar refractivity (Wildman–Crippen MR) is 84.5 cm³/mol. The number of nitrogens with one attached hydrogen (secondary N) is 1. The fourth-order valence-corrected chi connectivity index (χ4v) is 2.23. The Morgan fingerprint density at radius 2 is 2.00 bits per heavy atom. The van der Waals surface area contributed by atoms with Crippen LogP contribution in [0.2, 0.25) is 0 Å². The van der Waals surface area contributed by atoms with E-state index in [1.54, 1.807) is 13.2 Å². The van der Waals surface area contributed by atoms with Crippen molar-refractivity contribution in [1.29, 1.82) is 0 Å². The van der Waals surface area contributed by atoms with E-state index in [1.807, 2.05) is 11.9 Å². The van der Waals surface area contributed by atoms with Gasteiger partial charge in [-0.1, -0.05) is 17.7 Å². The van der Waals surface area contributed by atoms with Gasteiger partial charge in [0.25, 0.3) is 0 Å². The number of hydrogen-bond acceptors (Lipinski definition) is 6. The summed E-state index contributed by atoms with van der Waals surface area (Å²) in [4.78, 5) is 10.8. The van der Waals surface area contributed by atoms with Crippen LogP contribution < -0.4 is 16.2 Å². The van der Waals surface area contributed by atoms with E-state index in [4.69, 9.17) is 10.6 Å². The number of ether oxygens (including phenoxy) is 1. The zero-order valence-corrected chi connectivity index (χ0v) is 12.8. The van der Waals surface area contributed by atoms with E-state index in [2.05, 4.69) is 47.4 Å². The molecule has 6 nitrogen and oxygen atoms in total. The van der Waals surface area contributed by atoms with E-state index in [0.717, 1.165) is 11.5 Å². The molecule has 2 aromatic rings. The number of rotatable bonds is 5. The van der Waals surface area contributed by atoms with E-state index in [1.165, 1.54) is 11.1 Å². The molecule has 0 saturated carbocycles. The Hall–Kier alpha value is -2.18. The number of aromatic nitrogens is 2. The Labute approximate surface area is 124 Å². The first kappa shape index (κ1) is 15.2. The first-order chi connectivity index (χ1) is 10.0. The molecule has 0 aliphatic rings. The summed E-state index contributed by atoms with van der Waals surface area (Å²) in [6, 6.07) is 8.11. The van der Waals surface area contributed by atoms with Crippen molar-refractivity contribution in [2.45, 2.75) is 20.5 Å². The summed E-state index contributed by atoms with van der Waals surface area (Å²) < 4.78 is 5.10. The molecule has 0 saturated heterocycles. The molecule has 0 aliphatic carbocycles. The highest BCUT2D eigenvalue weighted by Crippen LogP contribution is 2.27. The lowest BCUT2D eigenvalue weighted by atomic mass is 10.1. The van der Waals surface area contributed by atoms with Crippen molar-refractivity contribution < 1.29 is 4.74 Å². The number of hydrazine groups is 1. The van der Waals surface area contributed by atoms with Crippen LogP contribution in [0, 0.1) is 13.8 Å². The quantitative estimate of drug-likeness (QED) is 0.649. The third-order valence-corrected chi connectivity index (χ3v) is 3.24. The zero-order chi connectivity index (χ0) is 15.4. The van der Waals surface area contributed by atoms with Gasteiger partial charge in [-0.05, 0) is 25.5 Å². The van der Waals surface area contributed by atoms with Gasteiger partial charge < -0.3 is 15.1 Å². The summed E-state index contributed by atoms with van der Waals surface area (Å²) in [5.74, 6) is 7.38. The SMILES string of the molecule is COCc1nc(NN)cc(N(C)c2ccc(C)cc2C)n1. The predicted octanol–water partition coefficient (Wildman–Crippen LogP) is 2.29. The van der Waals surface area contributed by atoms with E-state index in [-0.39, 0.29) is 0 Å². The Bertz CT molecular complexity index is 629. The van der Waals surface area contributed by atoms with Crippen LogP contribution in [0.1, 0.15) is 17.0 Å². The highest BCUT2D eigenvalue weighted by atomic mass is 16.5. The zero-order valence-electron chi connectivity index (χ0n) is 12.8. The molecule has 0 aliphatic heterocycles. The minimum atomic E-state index is 0.337. The van der Waals surface area contributed by atoms with Gasteiger partial charge in [-0.3, -0.25) is 0 Å². The monoisotopic (exact) mass is 287 g/mol. The summed E-state index contributed by atoms with van der Waals surface area (Å²) in [5.41, 5.74) is 6.07. The van der Waals surface area contributed by atoms with Gasteiger partial charge >= 0.3 is 0 Å². The van der Waals surface area contributed by atoms with Gasteiger partial charge in [0, 0.05) is 25.9 Å². The fourth-order valence-electron chi connectivity index (χ4n) is 2.23. The second kappa shape index (κ2) is 6.51. The molecule has 1 aromatic carbocycles. The van der Waals surface area contributed by atoms with E-state index < -0.39 is 0 Å². The maximum atomic E-state index is 5.47. The summed E-state index contributed by atoms with van der Waals surface area (Å²) in [5, 5.41) is 0. The third-order valence-electron chi connectivity index (χ3n) is 3.24. The number of nitrogens with zero attached hydrogens (tertiary/aromatic N) is 3. The van der Waals surface area contributed by atoms with Crippen LogP contribution in [0.3, 0.4) is 0 Å². The van der Waals surface area contributed by atoms with E-state index in [0.29, 0.717) is 18.2 Å². The summed E-state index contributed by atoms with van der Waals surface area (Å²) in [7, 11) is 3.58. The van der Waals surface area contributed by atoms with Crippen LogP contribution in [-0.2, 0) is 11.3 Å². The molecular weight excluding hydrogens is 266 g/mol. The van der Waals surface area contributed by atoms with Gasteiger partial charge in [0.2, 0.25) is 0 Å². The number of anilines is 3. The van der Waals surface area contributed by atoms with Crippen LogP contribution in [0.4, 0.5) is 17.3 Å². The van der Waals surface area contributed by atoms with Crippen LogP contribution in [0.25, 0.3) is 0 Å². The molecule has 21 heavy (non-hydrogen) atoms. The first-order valence-electron chi connectivity index (χ1n) is 6.69. The molecule has 0 bridgehead atoms. The van der Waals surface area contributed by atoms with Crippen molar-refractivity contribution in [3.8, 4) is 0 Å². The summed E-state index contributed by atoms with van der Waals surface area (Å²) >= 11 is 0. The average molecular weight is 287 g/mol. The molecule has 1 aromatic heterocycles. The number of aryl methyl sites for hydroxylation is 2. The molecule has 1 heterocycles. The lowest BCUT2D eigenvalue weighted by Gasteiger charge is -2.22. The van der Waals surface area contributed by atoms with E-state index >= 15 is 0 Å². The molecule has 112 valence electrons. The largest absolute Gasteiger partial charge is 0.377 e. The minimum absolute atomic E-state index is 0.337. The van der Waals surface area contributed by atoms with Gasteiger partial charge in [-0.2, -0.15) is 0 Å². The second-order valence-corrected chi connectivity index (χ2v) is 4.95. The maximum absolute atomic E-state index is 5.47. The molecule has 0 amide bonds. The van der Waals surface area contributed by atoms with Crippen molar-refractivity contribution in [3.63, 3.8) is 0 Å². The Balaban J connectivity index is 2.41. The molecule has 0 radical (unpaired) electrons. The van der Waals surface area contributed by atoms with Crippen molar-refractivity contribution in [1.82, 2.24) is 9.97 Å². The normalized spacial score (nSPS) is 10.5. The van der Waals surface area contributed by atoms with Crippen LogP contribution >= 0.6 is 0 Å². The van der Waals surface area contributed by atoms with Crippen molar-refractivity contribution in [3.05, 3.63) is 41.2 Å². The summed E-state index contributed by atoms with van der Waals surface area (Å²) in [6.45, 7) is 4.50. The Morgan fingerprint density at radius 3 is 2.62 bits per heavy atom. The van der Waals surface area contributed by atoms with Crippen LogP contribution in [0.15, 0.2) is 24.3 Å². The average Bonchev–Trinajstić information content (AvgIpc) is 2.46. The Morgan fingerprint density at radius 1 is 1.24 bits per heavy atom. The van der Waals surface area contributed by atoms with Gasteiger partial charge in [-0.15, -0.1) is 0 Å². The molecule has 0 unspecified atom stereocenters. The molecule has 0 atom stereocenters. The molecule has 2 rings (SSSR count). The van der Waals surface area contributed by atoms with Gasteiger partial charge in [0.1, 0.15) is 18.2 Å². The first-order valence-corrected chi connectivity index (χ1v) is 6.69. The Kier molecular flexibility index (Phi) is 4.72. The van der Waals surface area contributed by atoms with Crippen LogP contribution in [-0.4, -0.2) is 24.1 Å². The maximum Gasteiger partial charge on any atom is 0.158 e. The van der Waals surface area contributed by atoms with Gasteiger partial charge in [-0.25, -0.2) is 15.8 Å². The standard InChI is InChI=1S/C15H21N5O/c1-10-5-6-12(11(2)7-10)20(3)15-8-13(19-16)17-14(18-15)9-21-4/h5-8H,9,16H2,1-4H3,(H,17,18,19). The van der Waals surface area contributed by atoms with Gasteiger partial charge in [0.15, 0.2) is 5.82 Å². The molecule has 0 fully saturated rings. The lowest BCUT2D eigenvalue weighted by Crippen LogP contribution is -2.17. The minimum Gasteiger partial charge on any atom is -0.377 e. The number of nitrogens with two attached hydrogens (primary N) is 1. The summed E-state index contributed by atoms with van der Waals surface area (Å²) in [6.07, 6.45) is 0. The third kappa shape index (κ3) is 3.48. The van der Waals surface area contributed by atoms with E-state index in [9.17, 15) is 0 Å². The van der Waals surface area contributed by atoms with Crippen molar-refractivity contribution in [2.75, 3.05) is 24.5 Å². The molecular formula is C15H21N5O. The highest BCUT2D eigenvalue weighted by molar-refractivity contribution is 5.65. The lowest BCUT2D eigenvalue weighted by molar-refractivity contribution is 0.178. The number of hydrogen-bond donors (Lipinski definition) is 2. The van der Waals surface area contributed by atoms with Crippen molar-refractivity contribution >= 4 is 17.3 Å². The number of methoxy groups -OCH3 is 1. The smallest absolute Gasteiger partial charge is 0.158 e. The number of benzene rings is 1. The fraction of sp³-hybridized carbons (Fsp3) is 0.333. The molecule has 3 N–H and O–H groups in total.